The van der Waals surface area contributed by atoms with Crippen molar-refractivity contribution in [1.29, 1.82) is 0 Å². The fourth-order valence-corrected chi connectivity index (χ4v) is 3.04. The Morgan fingerprint density at radius 3 is 2.48 bits per heavy atom. The lowest BCUT2D eigenvalue weighted by molar-refractivity contribution is -0.122. The molecule has 2 amide bonds. The molecule has 0 bridgehead atoms. The summed E-state index contributed by atoms with van der Waals surface area (Å²) < 4.78 is 0.469. The fourth-order valence-electron chi connectivity index (χ4n) is 2.37. The van der Waals surface area contributed by atoms with E-state index in [0.717, 1.165) is 5.56 Å². The van der Waals surface area contributed by atoms with Gasteiger partial charge in [-0.25, -0.2) is 0 Å². The molecule has 0 saturated carbocycles. The Hall–Kier alpha value is -2.51. The Balaban J connectivity index is 2.01. The average Bonchev–Trinajstić information content (AvgIpc) is 2.56. The normalized spacial score (nSPS) is 16.3. The Labute approximate surface area is 158 Å². The van der Waals surface area contributed by atoms with Gasteiger partial charge < -0.3 is 5.11 Å². The lowest BCUT2D eigenvalue weighted by atomic mass is 10.1. The van der Waals surface area contributed by atoms with Crippen molar-refractivity contribution in [2.45, 2.75) is 6.92 Å². The zero-order valence-corrected chi connectivity index (χ0v) is 15.5. The van der Waals surface area contributed by atoms with Crippen LogP contribution < -0.4 is 10.2 Å². The molecule has 0 aliphatic carbocycles. The number of rotatable bonds is 2. The van der Waals surface area contributed by atoms with Crippen LogP contribution in [0.1, 0.15) is 11.1 Å². The molecule has 2 aromatic carbocycles. The number of aryl methyl sites for hydroxylation is 1. The van der Waals surface area contributed by atoms with Gasteiger partial charge in [-0.15, -0.1) is 0 Å². The monoisotopic (exact) mass is 416 g/mol. The Morgan fingerprint density at radius 1 is 1.16 bits per heavy atom. The van der Waals surface area contributed by atoms with Crippen molar-refractivity contribution >= 4 is 56.8 Å². The van der Waals surface area contributed by atoms with E-state index in [2.05, 4.69) is 21.2 Å². The lowest BCUT2D eigenvalue weighted by Crippen LogP contribution is -2.54. The van der Waals surface area contributed by atoms with Crippen molar-refractivity contribution in [2.75, 3.05) is 4.90 Å². The molecule has 2 aromatic rings. The number of amides is 2. The summed E-state index contributed by atoms with van der Waals surface area (Å²) in [6, 6.07) is 12.0. The van der Waals surface area contributed by atoms with Gasteiger partial charge in [0.2, 0.25) is 0 Å². The standard InChI is InChI=1S/C18H13BrN2O3S/c1-10-2-5-12(6-3-10)21-17(24)13(16(23)20-18(21)25)8-11-4-7-15(22)14(19)9-11/h2-9,22H,1H3,(H,20,23,25)/b13-8+. The van der Waals surface area contributed by atoms with Gasteiger partial charge in [-0.1, -0.05) is 23.8 Å². The maximum Gasteiger partial charge on any atom is 0.270 e. The average molecular weight is 417 g/mol. The number of aromatic hydroxyl groups is 1. The summed E-state index contributed by atoms with van der Waals surface area (Å²) in [5.74, 6) is -0.978. The fraction of sp³-hybridized carbons (Fsp3) is 0.0556. The van der Waals surface area contributed by atoms with Crippen LogP contribution in [0.3, 0.4) is 0 Å². The zero-order valence-electron chi connectivity index (χ0n) is 13.1. The van der Waals surface area contributed by atoms with Crippen molar-refractivity contribution < 1.29 is 14.7 Å². The summed E-state index contributed by atoms with van der Waals surface area (Å²) in [6.45, 7) is 1.94. The van der Waals surface area contributed by atoms with Crippen molar-refractivity contribution in [3.63, 3.8) is 0 Å². The minimum Gasteiger partial charge on any atom is -0.507 e. The second kappa shape index (κ2) is 6.78. The second-order valence-corrected chi connectivity index (χ2v) is 6.75. The molecule has 25 heavy (non-hydrogen) atoms. The van der Waals surface area contributed by atoms with E-state index in [-0.39, 0.29) is 16.4 Å². The highest BCUT2D eigenvalue weighted by Crippen LogP contribution is 2.27. The number of hydrogen-bond acceptors (Lipinski definition) is 4. The number of nitrogens with one attached hydrogen (secondary N) is 1. The molecule has 0 spiro atoms. The Bertz CT molecular complexity index is 922. The number of hydrogen-bond donors (Lipinski definition) is 2. The van der Waals surface area contributed by atoms with Crippen molar-refractivity contribution in [1.82, 2.24) is 5.32 Å². The molecule has 0 aromatic heterocycles. The third-order valence-corrected chi connectivity index (χ3v) is 4.60. The molecule has 3 rings (SSSR count). The summed E-state index contributed by atoms with van der Waals surface area (Å²) in [7, 11) is 0. The van der Waals surface area contributed by atoms with Crippen LogP contribution in [0.25, 0.3) is 6.08 Å². The van der Waals surface area contributed by atoms with Gasteiger partial charge in [0.05, 0.1) is 10.2 Å². The Kier molecular flexibility index (Phi) is 4.69. The molecular formula is C18H13BrN2O3S. The molecule has 126 valence electrons. The highest BCUT2D eigenvalue weighted by molar-refractivity contribution is 9.10. The molecular weight excluding hydrogens is 404 g/mol. The minimum atomic E-state index is -0.553. The molecule has 1 aliphatic heterocycles. The van der Waals surface area contributed by atoms with Gasteiger partial charge in [-0.3, -0.25) is 19.8 Å². The number of phenols is 1. The highest BCUT2D eigenvalue weighted by atomic mass is 79.9. The van der Waals surface area contributed by atoms with E-state index >= 15 is 0 Å². The molecule has 1 heterocycles. The Morgan fingerprint density at radius 2 is 1.84 bits per heavy atom. The number of phenolic OH excluding ortho intramolecular Hbond substituents is 1. The van der Waals surface area contributed by atoms with E-state index in [4.69, 9.17) is 12.2 Å². The molecule has 7 heteroatoms. The lowest BCUT2D eigenvalue weighted by Gasteiger charge is -2.29. The summed E-state index contributed by atoms with van der Waals surface area (Å²) >= 11 is 8.37. The zero-order chi connectivity index (χ0) is 18.1. The van der Waals surface area contributed by atoms with E-state index in [1.165, 1.54) is 17.0 Å². The summed E-state index contributed by atoms with van der Waals surface area (Å²) in [4.78, 5) is 26.4. The molecule has 1 fully saturated rings. The minimum absolute atomic E-state index is 0.0354. The summed E-state index contributed by atoms with van der Waals surface area (Å²) in [6.07, 6.45) is 1.46. The van der Waals surface area contributed by atoms with E-state index in [9.17, 15) is 14.7 Å². The van der Waals surface area contributed by atoms with Gasteiger partial charge in [-0.05, 0) is 71.0 Å². The van der Waals surface area contributed by atoms with Crippen molar-refractivity contribution in [3.05, 3.63) is 63.6 Å². The molecule has 2 N–H and O–H groups in total. The molecule has 5 nitrogen and oxygen atoms in total. The quantitative estimate of drug-likeness (QED) is 0.447. The first-order valence-electron chi connectivity index (χ1n) is 7.33. The number of benzene rings is 2. The smallest absolute Gasteiger partial charge is 0.270 e. The topological polar surface area (TPSA) is 69.6 Å². The summed E-state index contributed by atoms with van der Waals surface area (Å²) in [5, 5.41) is 12.1. The van der Waals surface area contributed by atoms with Crippen LogP contribution in [0.5, 0.6) is 5.75 Å². The molecule has 1 saturated heterocycles. The van der Waals surface area contributed by atoms with Crippen LogP contribution >= 0.6 is 28.1 Å². The van der Waals surface area contributed by atoms with Crippen LogP contribution in [0, 0.1) is 6.92 Å². The summed E-state index contributed by atoms with van der Waals surface area (Å²) in [5.41, 5.74) is 2.19. The van der Waals surface area contributed by atoms with Crippen LogP contribution in [-0.2, 0) is 9.59 Å². The van der Waals surface area contributed by atoms with E-state index < -0.39 is 11.8 Å². The first-order chi connectivity index (χ1) is 11.9. The third kappa shape index (κ3) is 3.47. The molecule has 0 atom stereocenters. The first kappa shape index (κ1) is 17.3. The van der Waals surface area contributed by atoms with Gasteiger partial charge in [0, 0.05) is 0 Å². The third-order valence-electron chi connectivity index (χ3n) is 3.68. The maximum absolute atomic E-state index is 12.8. The maximum atomic E-state index is 12.8. The number of carbonyl (C=O) groups is 2. The predicted molar refractivity (Wildman–Crippen MR) is 103 cm³/mol. The van der Waals surface area contributed by atoms with Crippen LogP contribution in [-0.4, -0.2) is 22.0 Å². The first-order valence-corrected chi connectivity index (χ1v) is 8.53. The second-order valence-electron chi connectivity index (χ2n) is 5.50. The highest BCUT2D eigenvalue weighted by Gasteiger charge is 2.34. The SMILES string of the molecule is Cc1ccc(N2C(=O)/C(=C/c3ccc(O)c(Br)c3)C(=O)NC2=S)cc1. The van der Waals surface area contributed by atoms with E-state index in [0.29, 0.717) is 15.7 Å². The molecule has 1 aliphatic rings. The predicted octanol–water partition coefficient (Wildman–Crippen LogP) is 3.29. The number of anilines is 1. The van der Waals surface area contributed by atoms with Gasteiger partial charge in [0.1, 0.15) is 11.3 Å². The van der Waals surface area contributed by atoms with Crippen LogP contribution in [0.4, 0.5) is 5.69 Å². The van der Waals surface area contributed by atoms with Gasteiger partial charge in [0.25, 0.3) is 11.8 Å². The van der Waals surface area contributed by atoms with Crippen LogP contribution in [0.15, 0.2) is 52.5 Å². The van der Waals surface area contributed by atoms with Gasteiger partial charge in [-0.2, -0.15) is 0 Å². The van der Waals surface area contributed by atoms with Gasteiger partial charge in [0.15, 0.2) is 5.11 Å². The van der Waals surface area contributed by atoms with Crippen molar-refractivity contribution in [2.24, 2.45) is 0 Å². The molecule has 0 radical (unpaired) electrons. The van der Waals surface area contributed by atoms with Crippen LogP contribution in [0.2, 0.25) is 0 Å². The number of carbonyl (C=O) groups excluding carboxylic acids is 2. The largest absolute Gasteiger partial charge is 0.507 e. The van der Waals surface area contributed by atoms with E-state index in [1.54, 1.807) is 24.3 Å². The van der Waals surface area contributed by atoms with E-state index in [1.807, 2.05) is 19.1 Å². The number of nitrogens with zero attached hydrogens (tertiary/aromatic N) is 1. The van der Waals surface area contributed by atoms with Crippen molar-refractivity contribution in [3.8, 4) is 5.75 Å². The molecule has 0 unspecified atom stereocenters. The number of thiocarbonyl (C=S) groups is 1. The van der Waals surface area contributed by atoms with Gasteiger partial charge >= 0.3 is 0 Å². The number of halogens is 1.